The molecule has 0 atom stereocenters. The Kier molecular flexibility index (Phi) is 6.88. The van der Waals surface area contributed by atoms with Crippen molar-refractivity contribution < 1.29 is 4.42 Å². The number of hydrogen-bond acceptors (Lipinski definition) is 4. The second-order valence-electron chi connectivity index (χ2n) is 13.8. The van der Waals surface area contributed by atoms with E-state index in [2.05, 4.69) is 140 Å². The molecule has 0 saturated carbocycles. The third-order valence-electron chi connectivity index (χ3n) is 10.5. The van der Waals surface area contributed by atoms with Gasteiger partial charge in [0.05, 0.1) is 0 Å². The van der Waals surface area contributed by atoms with Crippen LogP contribution in [0.3, 0.4) is 0 Å². The summed E-state index contributed by atoms with van der Waals surface area (Å²) in [7, 11) is 0. The van der Waals surface area contributed by atoms with E-state index in [4.69, 9.17) is 31.0 Å². The zero-order valence-corrected chi connectivity index (χ0v) is 29.5. The van der Waals surface area contributed by atoms with E-state index >= 15 is 0 Å². The van der Waals surface area contributed by atoms with Crippen LogP contribution in [0.2, 0.25) is 5.02 Å². The standard InChI is InChI=1S/C49H28ClN3O/c50-39-27-43(46-42-11-5-6-12-44(42)54-45(46)28-39)35-18-15-33-25-37(20-16-32(33)23-35)48-51-47(36-19-13-29-7-1-2-9-31(29)24-36)52-49(53-48)38-21-22-41-34(26-38)17-14-30-8-3-4-10-40(30)41/h1-28H. The normalized spacial score (nSPS) is 11.8. The molecule has 0 aliphatic heterocycles. The molecule has 4 nitrogen and oxygen atoms in total. The lowest BCUT2D eigenvalue weighted by Crippen LogP contribution is -2.00. The summed E-state index contributed by atoms with van der Waals surface area (Å²) in [5.41, 5.74) is 6.53. The van der Waals surface area contributed by atoms with Gasteiger partial charge in [-0.2, -0.15) is 0 Å². The Labute approximate surface area is 315 Å². The van der Waals surface area contributed by atoms with E-state index < -0.39 is 0 Å². The second kappa shape index (κ2) is 12.1. The largest absolute Gasteiger partial charge is 0.456 e. The van der Waals surface area contributed by atoms with Crippen molar-refractivity contribution in [3.8, 4) is 45.3 Å². The van der Waals surface area contributed by atoms with Crippen molar-refractivity contribution in [1.82, 2.24) is 15.0 Å². The van der Waals surface area contributed by atoms with E-state index in [-0.39, 0.29) is 0 Å². The van der Waals surface area contributed by atoms with Gasteiger partial charge in [0.15, 0.2) is 17.5 Å². The Bertz CT molecular complexity index is 3310. The Balaban J connectivity index is 1.05. The lowest BCUT2D eigenvalue weighted by Gasteiger charge is -2.11. The summed E-state index contributed by atoms with van der Waals surface area (Å²) < 4.78 is 6.19. The highest BCUT2D eigenvalue weighted by molar-refractivity contribution is 6.32. The van der Waals surface area contributed by atoms with E-state index in [1.165, 1.54) is 21.5 Å². The number of rotatable bonds is 4. The molecular weight excluding hydrogens is 682 g/mol. The fourth-order valence-electron chi connectivity index (χ4n) is 7.84. The number of aromatic nitrogens is 3. The van der Waals surface area contributed by atoms with Crippen molar-refractivity contribution in [1.29, 1.82) is 0 Å². The average molecular weight is 710 g/mol. The monoisotopic (exact) mass is 709 g/mol. The van der Waals surface area contributed by atoms with Gasteiger partial charge in [-0.15, -0.1) is 0 Å². The number of furan rings is 1. The van der Waals surface area contributed by atoms with Crippen molar-refractivity contribution in [2.24, 2.45) is 0 Å². The predicted molar refractivity (Wildman–Crippen MR) is 224 cm³/mol. The third kappa shape index (κ3) is 5.11. The minimum absolute atomic E-state index is 0.620. The third-order valence-corrected chi connectivity index (χ3v) is 10.7. The van der Waals surface area contributed by atoms with Crippen molar-refractivity contribution >= 4 is 76.6 Å². The van der Waals surface area contributed by atoms with E-state index in [1.807, 2.05) is 30.3 Å². The van der Waals surface area contributed by atoms with Crippen LogP contribution in [0.5, 0.6) is 0 Å². The van der Waals surface area contributed by atoms with Crippen molar-refractivity contribution in [2.75, 3.05) is 0 Å². The minimum Gasteiger partial charge on any atom is -0.456 e. The summed E-state index contributed by atoms with van der Waals surface area (Å²) in [4.78, 5) is 15.3. The quantitative estimate of drug-likeness (QED) is 0.171. The minimum atomic E-state index is 0.620. The number of para-hydroxylation sites is 1. The zero-order valence-electron chi connectivity index (χ0n) is 28.8. The average Bonchev–Trinajstić information content (AvgIpc) is 3.60. The summed E-state index contributed by atoms with van der Waals surface area (Å²) in [6.45, 7) is 0. The van der Waals surface area contributed by atoms with Crippen LogP contribution >= 0.6 is 11.6 Å². The van der Waals surface area contributed by atoms with Crippen molar-refractivity contribution in [3.05, 3.63) is 175 Å². The van der Waals surface area contributed by atoms with E-state index in [9.17, 15) is 0 Å². The van der Waals surface area contributed by atoms with Gasteiger partial charge >= 0.3 is 0 Å². The van der Waals surface area contributed by atoms with Gasteiger partial charge in [0, 0.05) is 38.6 Å². The highest BCUT2D eigenvalue weighted by Crippen LogP contribution is 2.40. The lowest BCUT2D eigenvalue weighted by molar-refractivity contribution is 0.669. The summed E-state index contributed by atoms with van der Waals surface area (Å²) in [6.07, 6.45) is 0. The first-order valence-corrected chi connectivity index (χ1v) is 18.3. The predicted octanol–water partition coefficient (Wildman–Crippen LogP) is 13.7. The molecule has 0 fully saturated rings. The SMILES string of the molecule is Clc1cc(-c2ccc3cc(-c4nc(-c5ccc6ccccc6c5)nc(-c5ccc6c(ccc7ccccc76)c5)n4)ccc3c2)c2c(c1)oc1ccccc12. The van der Waals surface area contributed by atoms with Gasteiger partial charge in [0.2, 0.25) is 0 Å². The maximum atomic E-state index is 6.62. The molecule has 0 amide bonds. The molecule has 0 unspecified atom stereocenters. The fraction of sp³-hybridized carbons (Fsp3) is 0. The topological polar surface area (TPSA) is 51.8 Å². The molecule has 0 bridgehead atoms. The van der Waals surface area contributed by atoms with Gasteiger partial charge in [0.1, 0.15) is 11.2 Å². The molecule has 0 aliphatic carbocycles. The number of nitrogens with zero attached hydrogens (tertiary/aromatic N) is 3. The molecule has 9 aromatic carbocycles. The molecule has 0 N–H and O–H groups in total. The number of halogens is 1. The number of fused-ring (bicyclic) bond motifs is 8. The van der Waals surface area contributed by atoms with Crippen LogP contribution in [0.1, 0.15) is 0 Å². The molecule has 5 heteroatoms. The molecule has 54 heavy (non-hydrogen) atoms. The molecule has 0 saturated heterocycles. The van der Waals surface area contributed by atoms with Crippen LogP contribution in [0.15, 0.2) is 174 Å². The first-order valence-electron chi connectivity index (χ1n) is 17.9. The first kappa shape index (κ1) is 30.7. The summed E-state index contributed by atoms with van der Waals surface area (Å²) in [5, 5.41) is 12.1. The molecule has 252 valence electrons. The summed E-state index contributed by atoms with van der Waals surface area (Å²) >= 11 is 6.62. The van der Waals surface area contributed by atoms with Gasteiger partial charge in [0.25, 0.3) is 0 Å². The molecule has 0 radical (unpaired) electrons. The first-order chi connectivity index (χ1) is 26.6. The summed E-state index contributed by atoms with van der Waals surface area (Å²) in [6, 6.07) is 59.0. The van der Waals surface area contributed by atoms with Crippen LogP contribution in [0.25, 0.3) is 110 Å². The van der Waals surface area contributed by atoms with E-state index in [0.29, 0.717) is 22.5 Å². The van der Waals surface area contributed by atoms with Crippen LogP contribution in [-0.4, -0.2) is 15.0 Å². The highest BCUT2D eigenvalue weighted by atomic mass is 35.5. The van der Waals surface area contributed by atoms with Gasteiger partial charge < -0.3 is 4.42 Å². The van der Waals surface area contributed by atoms with Crippen molar-refractivity contribution in [2.45, 2.75) is 0 Å². The van der Waals surface area contributed by atoms with E-state index in [0.717, 1.165) is 71.3 Å². The molecule has 11 rings (SSSR count). The Morgan fingerprint density at radius 2 is 0.833 bits per heavy atom. The highest BCUT2D eigenvalue weighted by Gasteiger charge is 2.17. The van der Waals surface area contributed by atoms with Crippen LogP contribution in [0, 0.1) is 0 Å². The molecular formula is C49H28ClN3O. The maximum absolute atomic E-state index is 6.62. The van der Waals surface area contributed by atoms with E-state index in [1.54, 1.807) is 0 Å². The second-order valence-corrected chi connectivity index (χ2v) is 14.2. The fourth-order valence-corrected chi connectivity index (χ4v) is 8.05. The number of benzene rings is 9. The zero-order chi connectivity index (χ0) is 35.8. The van der Waals surface area contributed by atoms with Crippen molar-refractivity contribution in [3.63, 3.8) is 0 Å². The van der Waals surface area contributed by atoms with Crippen LogP contribution in [0.4, 0.5) is 0 Å². The smallest absolute Gasteiger partial charge is 0.164 e. The van der Waals surface area contributed by atoms with Crippen LogP contribution in [-0.2, 0) is 0 Å². The summed E-state index contributed by atoms with van der Waals surface area (Å²) in [5.74, 6) is 1.88. The van der Waals surface area contributed by atoms with Gasteiger partial charge in [-0.05, 0) is 90.6 Å². The van der Waals surface area contributed by atoms with Gasteiger partial charge in [-0.1, -0.05) is 139 Å². The molecule has 2 aromatic heterocycles. The Morgan fingerprint density at radius 1 is 0.352 bits per heavy atom. The molecule has 11 aromatic rings. The molecule has 2 heterocycles. The Hall–Kier alpha value is -6.88. The van der Waals surface area contributed by atoms with Gasteiger partial charge in [-0.3, -0.25) is 0 Å². The van der Waals surface area contributed by atoms with Crippen LogP contribution < -0.4 is 0 Å². The molecule has 0 spiro atoms. The lowest BCUT2D eigenvalue weighted by atomic mass is 9.96. The van der Waals surface area contributed by atoms with Gasteiger partial charge in [-0.25, -0.2) is 15.0 Å². The number of hydrogen-bond donors (Lipinski definition) is 0. The Morgan fingerprint density at radius 3 is 1.57 bits per heavy atom. The maximum Gasteiger partial charge on any atom is 0.164 e. The molecule has 0 aliphatic rings.